The number of unbranched alkanes of at least 4 members (excludes halogenated alkanes) is 1. The molecule has 1 heterocycles. The van der Waals surface area contributed by atoms with Crippen molar-refractivity contribution < 1.29 is 9.21 Å². The van der Waals surface area contributed by atoms with Crippen LogP contribution in [-0.4, -0.2) is 5.91 Å². The number of rotatable bonds is 5. The van der Waals surface area contributed by atoms with Gasteiger partial charge in [-0.05, 0) is 42.7 Å². The van der Waals surface area contributed by atoms with Crippen LogP contribution >= 0.6 is 0 Å². The summed E-state index contributed by atoms with van der Waals surface area (Å²) in [6.07, 6.45) is 3.33. The summed E-state index contributed by atoms with van der Waals surface area (Å²) in [4.78, 5) is 24.4. The molecule has 0 unspecified atom stereocenters. The van der Waals surface area contributed by atoms with Crippen molar-refractivity contribution in [3.8, 4) is 0 Å². The molecule has 0 fully saturated rings. The van der Waals surface area contributed by atoms with E-state index >= 15 is 0 Å². The monoisotopic (exact) mass is 321 g/mol. The largest absolute Gasteiger partial charge is 0.451 e. The maximum atomic E-state index is 12.3. The SMILES string of the molecule is CCCCc1ccc(NC(=O)c2cc(=O)c3ccccc3o2)cc1. The Hall–Kier alpha value is -2.88. The van der Waals surface area contributed by atoms with Crippen LogP contribution in [0.25, 0.3) is 11.0 Å². The number of fused-ring (bicyclic) bond motifs is 1. The Labute approximate surface area is 140 Å². The van der Waals surface area contributed by atoms with Crippen molar-refractivity contribution in [2.45, 2.75) is 26.2 Å². The number of amides is 1. The van der Waals surface area contributed by atoms with Crippen LogP contribution in [0.4, 0.5) is 5.69 Å². The molecule has 1 aromatic heterocycles. The quantitative estimate of drug-likeness (QED) is 0.758. The van der Waals surface area contributed by atoms with Gasteiger partial charge in [0.05, 0.1) is 5.39 Å². The summed E-state index contributed by atoms with van der Waals surface area (Å²) in [5.74, 6) is -0.423. The molecular weight excluding hydrogens is 302 g/mol. The highest BCUT2D eigenvalue weighted by atomic mass is 16.3. The normalized spacial score (nSPS) is 10.7. The topological polar surface area (TPSA) is 59.3 Å². The minimum atomic E-state index is -0.431. The van der Waals surface area contributed by atoms with E-state index in [0.717, 1.165) is 19.3 Å². The zero-order chi connectivity index (χ0) is 16.9. The number of benzene rings is 2. The Kier molecular flexibility index (Phi) is 4.75. The van der Waals surface area contributed by atoms with Crippen LogP contribution in [0.3, 0.4) is 0 Å². The van der Waals surface area contributed by atoms with Gasteiger partial charge in [-0.3, -0.25) is 9.59 Å². The lowest BCUT2D eigenvalue weighted by Gasteiger charge is -2.06. The van der Waals surface area contributed by atoms with Crippen molar-refractivity contribution in [1.29, 1.82) is 0 Å². The summed E-state index contributed by atoms with van der Waals surface area (Å²) in [6.45, 7) is 2.16. The van der Waals surface area contributed by atoms with E-state index in [9.17, 15) is 9.59 Å². The van der Waals surface area contributed by atoms with Gasteiger partial charge in [0.2, 0.25) is 0 Å². The Balaban J connectivity index is 1.78. The smallest absolute Gasteiger partial charge is 0.291 e. The van der Waals surface area contributed by atoms with E-state index in [-0.39, 0.29) is 11.2 Å². The second kappa shape index (κ2) is 7.13. The van der Waals surface area contributed by atoms with Crippen molar-refractivity contribution >= 4 is 22.6 Å². The number of hydrogen-bond acceptors (Lipinski definition) is 3. The van der Waals surface area contributed by atoms with Crippen molar-refractivity contribution in [3.63, 3.8) is 0 Å². The molecule has 1 N–H and O–H groups in total. The van der Waals surface area contributed by atoms with Crippen LogP contribution in [0.5, 0.6) is 0 Å². The highest BCUT2D eigenvalue weighted by Crippen LogP contribution is 2.15. The third-order valence-corrected chi connectivity index (χ3v) is 3.89. The molecular formula is C20H19NO3. The first-order valence-electron chi connectivity index (χ1n) is 8.10. The molecule has 0 spiro atoms. The molecule has 2 aromatic carbocycles. The van der Waals surface area contributed by atoms with Gasteiger partial charge in [-0.2, -0.15) is 0 Å². The van der Waals surface area contributed by atoms with E-state index in [0.29, 0.717) is 16.7 Å². The Bertz CT molecular complexity index is 910. The maximum Gasteiger partial charge on any atom is 0.291 e. The summed E-state index contributed by atoms with van der Waals surface area (Å²) in [6, 6.07) is 15.8. The minimum absolute atomic E-state index is 0.00811. The number of carbonyl (C=O) groups excluding carboxylic acids is 1. The predicted molar refractivity (Wildman–Crippen MR) is 95.5 cm³/mol. The summed E-state index contributed by atoms with van der Waals surface area (Å²) < 4.78 is 5.54. The van der Waals surface area contributed by atoms with Crippen LogP contribution in [0.15, 0.2) is 63.8 Å². The van der Waals surface area contributed by atoms with Crippen molar-refractivity contribution in [2.24, 2.45) is 0 Å². The van der Waals surface area contributed by atoms with E-state index < -0.39 is 5.91 Å². The number of para-hydroxylation sites is 1. The molecule has 122 valence electrons. The summed E-state index contributed by atoms with van der Waals surface area (Å²) in [7, 11) is 0. The van der Waals surface area contributed by atoms with E-state index in [1.54, 1.807) is 24.3 Å². The lowest BCUT2D eigenvalue weighted by Crippen LogP contribution is -2.14. The van der Waals surface area contributed by atoms with Gasteiger partial charge >= 0.3 is 0 Å². The average molecular weight is 321 g/mol. The van der Waals surface area contributed by atoms with E-state index in [2.05, 4.69) is 12.2 Å². The molecule has 0 aliphatic heterocycles. The van der Waals surface area contributed by atoms with Crippen LogP contribution in [0.2, 0.25) is 0 Å². The fraction of sp³-hybridized carbons (Fsp3) is 0.200. The van der Waals surface area contributed by atoms with Crippen molar-refractivity contribution in [2.75, 3.05) is 5.32 Å². The molecule has 0 radical (unpaired) electrons. The molecule has 0 atom stereocenters. The fourth-order valence-electron chi connectivity index (χ4n) is 2.54. The second-order valence-corrected chi connectivity index (χ2v) is 5.73. The molecule has 0 saturated carbocycles. The van der Waals surface area contributed by atoms with Gasteiger partial charge in [0.1, 0.15) is 5.58 Å². The molecule has 0 aliphatic rings. The molecule has 3 aromatic rings. The zero-order valence-corrected chi connectivity index (χ0v) is 13.5. The number of hydrogen-bond donors (Lipinski definition) is 1. The second-order valence-electron chi connectivity index (χ2n) is 5.73. The summed E-state index contributed by atoms with van der Waals surface area (Å²) in [5, 5.41) is 3.23. The molecule has 0 saturated heterocycles. The Morgan fingerprint density at radius 3 is 2.58 bits per heavy atom. The van der Waals surface area contributed by atoms with Crippen LogP contribution in [0, 0.1) is 0 Å². The van der Waals surface area contributed by atoms with Gasteiger partial charge in [0.25, 0.3) is 5.91 Å². The molecule has 1 amide bonds. The minimum Gasteiger partial charge on any atom is -0.451 e. The van der Waals surface area contributed by atoms with Crippen LogP contribution < -0.4 is 10.7 Å². The fourth-order valence-corrected chi connectivity index (χ4v) is 2.54. The summed E-state index contributed by atoms with van der Waals surface area (Å²) in [5.41, 5.74) is 2.10. The highest BCUT2D eigenvalue weighted by Gasteiger charge is 2.12. The molecule has 3 rings (SSSR count). The standard InChI is InChI=1S/C20H19NO3/c1-2-3-6-14-9-11-15(12-10-14)21-20(23)19-13-17(22)16-7-4-5-8-18(16)24-19/h4-5,7-13H,2-3,6H2,1H3,(H,21,23). The number of aryl methyl sites for hydroxylation is 1. The Morgan fingerprint density at radius 1 is 1.08 bits per heavy atom. The van der Waals surface area contributed by atoms with Crippen molar-refractivity contribution in [3.05, 3.63) is 76.1 Å². The van der Waals surface area contributed by atoms with Crippen LogP contribution in [0.1, 0.15) is 35.9 Å². The first-order valence-corrected chi connectivity index (χ1v) is 8.10. The predicted octanol–water partition coefficient (Wildman–Crippen LogP) is 4.39. The van der Waals surface area contributed by atoms with E-state index in [1.807, 2.05) is 24.3 Å². The lowest BCUT2D eigenvalue weighted by atomic mass is 10.1. The molecule has 0 aliphatic carbocycles. The molecule has 4 heteroatoms. The lowest BCUT2D eigenvalue weighted by molar-refractivity contribution is 0.0997. The first-order chi connectivity index (χ1) is 11.7. The van der Waals surface area contributed by atoms with E-state index in [1.165, 1.54) is 11.6 Å². The zero-order valence-electron chi connectivity index (χ0n) is 13.5. The van der Waals surface area contributed by atoms with Crippen LogP contribution in [-0.2, 0) is 6.42 Å². The number of nitrogens with one attached hydrogen (secondary N) is 1. The molecule has 0 bridgehead atoms. The van der Waals surface area contributed by atoms with Crippen molar-refractivity contribution in [1.82, 2.24) is 0 Å². The van der Waals surface area contributed by atoms with Gasteiger partial charge in [-0.25, -0.2) is 0 Å². The average Bonchev–Trinajstić information content (AvgIpc) is 2.61. The van der Waals surface area contributed by atoms with Gasteiger partial charge in [-0.1, -0.05) is 37.6 Å². The first kappa shape index (κ1) is 16.0. The number of anilines is 1. The highest BCUT2D eigenvalue weighted by molar-refractivity contribution is 6.02. The maximum absolute atomic E-state index is 12.3. The summed E-state index contributed by atoms with van der Waals surface area (Å²) >= 11 is 0. The number of carbonyl (C=O) groups is 1. The van der Waals surface area contributed by atoms with Gasteiger partial charge < -0.3 is 9.73 Å². The third kappa shape index (κ3) is 3.54. The van der Waals surface area contributed by atoms with Gasteiger partial charge in [0, 0.05) is 11.8 Å². The Morgan fingerprint density at radius 2 is 1.83 bits per heavy atom. The molecule has 4 nitrogen and oxygen atoms in total. The molecule has 24 heavy (non-hydrogen) atoms. The third-order valence-electron chi connectivity index (χ3n) is 3.89. The van der Waals surface area contributed by atoms with Gasteiger partial charge in [0.15, 0.2) is 11.2 Å². The van der Waals surface area contributed by atoms with Gasteiger partial charge in [-0.15, -0.1) is 0 Å². The van der Waals surface area contributed by atoms with E-state index in [4.69, 9.17) is 4.42 Å².